The van der Waals surface area contributed by atoms with Crippen LogP contribution in [0, 0.1) is 0 Å². The number of nitrogens with one attached hydrogen (secondary N) is 1. The standard InChI is InChI=1S/C14H10BrCl2F2NO/c15-9-1-4-13(21-14(18)19)8(5-9)7-20-10-2-3-11(16)12(17)6-10/h1-6,14,20H,7H2. The van der Waals surface area contributed by atoms with Gasteiger partial charge >= 0.3 is 6.61 Å². The number of hydrogen-bond donors (Lipinski definition) is 1. The Kier molecular flexibility index (Phi) is 5.67. The van der Waals surface area contributed by atoms with E-state index in [-0.39, 0.29) is 5.75 Å². The predicted molar refractivity (Wildman–Crippen MR) is 84.6 cm³/mol. The van der Waals surface area contributed by atoms with Crippen molar-refractivity contribution in [3.8, 4) is 5.75 Å². The summed E-state index contributed by atoms with van der Waals surface area (Å²) in [5.74, 6) is 0.126. The lowest BCUT2D eigenvalue weighted by molar-refractivity contribution is -0.0504. The number of benzene rings is 2. The van der Waals surface area contributed by atoms with Gasteiger partial charge in [0, 0.05) is 22.3 Å². The number of alkyl halides is 2. The Morgan fingerprint density at radius 2 is 1.86 bits per heavy atom. The van der Waals surface area contributed by atoms with E-state index in [1.807, 2.05) is 0 Å². The summed E-state index contributed by atoms with van der Waals surface area (Å²) < 4.78 is 30.0. The van der Waals surface area contributed by atoms with Crippen molar-refractivity contribution in [3.63, 3.8) is 0 Å². The van der Waals surface area contributed by atoms with Gasteiger partial charge in [-0.15, -0.1) is 0 Å². The zero-order chi connectivity index (χ0) is 15.4. The number of ether oxygens (including phenoxy) is 1. The van der Waals surface area contributed by atoms with Gasteiger partial charge in [0.15, 0.2) is 0 Å². The molecule has 112 valence electrons. The van der Waals surface area contributed by atoms with Crippen LogP contribution in [0.1, 0.15) is 5.56 Å². The van der Waals surface area contributed by atoms with Crippen molar-refractivity contribution < 1.29 is 13.5 Å². The van der Waals surface area contributed by atoms with Crippen molar-refractivity contribution >= 4 is 44.8 Å². The topological polar surface area (TPSA) is 21.3 Å². The van der Waals surface area contributed by atoms with Crippen LogP contribution in [-0.4, -0.2) is 6.61 Å². The van der Waals surface area contributed by atoms with Gasteiger partial charge in [-0.1, -0.05) is 39.1 Å². The minimum atomic E-state index is -2.87. The lowest BCUT2D eigenvalue weighted by atomic mass is 10.2. The highest BCUT2D eigenvalue weighted by Crippen LogP contribution is 2.28. The van der Waals surface area contributed by atoms with E-state index in [2.05, 4.69) is 26.0 Å². The highest BCUT2D eigenvalue weighted by molar-refractivity contribution is 9.10. The molecule has 0 aliphatic rings. The fourth-order valence-corrected chi connectivity index (χ4v) is 2.41. The molecule has 0 saturated heterocycles. The lowest BCUT2D eigenvalue weighted by Crippen LogP contribution is -2.07. The minimum Gasteiger partial charge on any atom is -0.434 e. The summed E-state index contributed by atoms with van der Waals surface area (Å²) in [5.41, 5.74) is 1.32. The third-order valence-electron chi connectivity index (χ3n) is 2.64. The van der Waals surface area contributed by atoms with Crippen LogP contribution in [-0.2, 0) is 6.54 Å². The number of hydrogen-bond acceptors (Lipinski definition) is 2. The fourth-order valence-electron chi connectivity index (χ4n) is 1.70. The zero-order valence-corrected chi connectivity index (χ0v) is 13.6. The highest BCUT2D eigenvalue weighted by Gasteiger charge is 2.10. The fraction of sp³-hybridized carbons (Fsp3) is 0.143. The molecule has 0 bridgehead atoms. The second kappa shape index (κ2) is 7.29. The van der Waals surface area contributed by atoms with Crippen molar-refractivity contribution in [2.75, 3.05) is 5.32 Å². The molecule has 0 spiro atoms. The molecule has 0 fully saturated rings. The second-order valence-electron chi connectivity index (χ2n) is 4.11. The summed E-state index contributed by atoms with van der Waals surface area (Å²) >= 11 is 15.0. The summed E-state index contributed by atoms with van der Waals surface area (Å²) in [6, 6.07) is 9.91. The van der Waals surface area contributed by atoms with Crippen molar-refractivity contribution in [2.24, 2.45) is 0 Å². The van der Waals surface area contributed by atoms with Crippen LogP contribution >= 0.6 is 39.1 Å². The van der Waals surface area contributed by atoms with Gasteiger partial charge in [-0.05, 0) is 36.4 Å². The lowest BCUT2D eigenvalue weighted by Gasteiger charge is -2.13. The molecular formula is C14H10BrCl2F2NO. The summed E-state index contributed by atoms with van der Waals surface area (Å²) in [6.07, 6.45) is 0. The van der Waals surface area contributed by atoms with E-state index in [4.69, 9.17) is 23.2 Å². The van der Waals surface area contributed by atoms with Gasteiger partial charge < -0.3 is 10.1 Å². The molecule has 21 heavy (non-hydrogen) atoms. The minimum absolute atomic E-state index is 0.126. The first-order chi connectivity index (χ1) is 9.95. The first-order valence-corrected chi connectivity index (χ1v) is 7.43. The maximum Gasteiger partial charge on any atom is 0.387 e. The van der Waals surface area contributed by atoms with Crippen molar-refractivity contribution in [1.29, 1.82) is 0 Å². The van der Waals surface area contributed by atoms with E-state index < -0.39 is 6.61 Å². The monoisotopic (exact) mass is 395 g/mol. The predicted octanol–water partition coefficient (Wildman–Crippen LogP) is 5.97. The SMILES string of the molecule is FC(F)Oc1ccc(Br)cc1CNc1ccc(Cl)c(Cl)c1. The Balaban J connectivity index is 2.14. The molecule has 7 heteroatoms. The second-order valence-corrected chi connectivity index (χ2v) is 5.84. The molecule has 0 atom stereocenters. The van der Waals surface area contributed by atoms with Gasteiger partial charge in [0.25, 0.3) is 0 Å². The van der Waals surface area contributed by atoms with Crippen molar-refractivity contribution in [2.45, 2.75) is 13.2 Å². The molecule has 0 aliphatic carbocycles. The Morgan fingerprint density at radius 1 is 1.10 bits per heavy atom. The molecule has 0 radical (unpaired) electrons. The van der Waals surface area contributed by atoms with E-state index >= 15 is 0 Å². The van der Waals surface area contributed by atoms with E-state index in [1.165, 1.54) is 6.07 Å². The van der Waals surface area contributed by atoms with Gasteiger partial charge in [-0.3, -0.25) is 0 Å². The van der Waals surface area contributed by atoms with Gasteiger partial charge in [0.1, 0.15) is 5.75 Å². The summed E-state index contributed by atoms with van der Waals surface area (Å²) in [4.78, 5) is 0. The van der Waals surface area contributed by atoms with E-state index in [1.54, 1.807) is 30.3 Å². The van der Waals surface area contributed by atoms with Crippen LogP contribution in [0.3, 0.4) is 0 Å². The molecule has 2 aromatic carbocycles. The molecule has 0 heterocycles. The third kappa shape index (κ3) is 4.73. The van der Waals surface area contributed by atoms with Gasteiger partial charge in [0.2, 0.25) is 0 Å². The van der Waals surface area contributed by atoms with E-state index in [0.29, 0.717) is 22.2 Å². The Hall–Kier alpha value is -1.04. The molecule has 2 aromatic rings. The first-order valence-electron chi connectivity index (χ1n) is 5.88. The normalized spacial score (nSPS) is 10.8. The maximum atomic E-state index is 12.4. The molecule has 0 amide bonds. The molecular weight excluding hydrogens is 387 g/mol. The van der Waals surface area contributed by atoms with Crippen molar-refractivity contribution in [3.05, 3.63) is 56.5 Å². The summed E-state index contributed by atoms with van der Waals surface area (Å²) in [6.45, 7) is -2.56. The molecule has 0 aromatic heterocycles. The quantitative estimate of drug-likeness (QED) is 0.672. The maximum absolute atomic E-state index is 12.4. The van der Waals surface area contributed by atoms with Crippen LogP contribution in [0.5, 0.6) is 5.75 Å². The van der Waals surface area contributed by atoms with Gasteiger partial charge in [-0.2, -0.15) is 8.78 Å². The van der Waals surface area contributed by atoms with Crippen LogP contribution in [0.25, 0.3) is 0 Å². The summed E-state index contributed by atoms with van der Waals surface area (Å²) in [5, 5.41) is 3.95. The third-order valence-corrected chi connectivity index (χ3v) is 3.87. The largest absolute Gasteiger partial charge is 0.434 e. The van der Waals surface area contributed by atoms with Gasteiger partial charge in [-0.25, -0.2) is 0 Å². The van der Waals surface area contributed by atoms with Crippen LogP contribution in [0.2, 0.25) is 10.0 Å². The smallest absolute Gasteiger partial charge is 0.387 e. The average Bonchev–Trinajstić information content (AvgIpc) is 2.42. The molecule has 0 saturated carbocycles. The van der Waals surface area contributed by atoms with Gasteiger partial charge in [0.05, 0.1) is 10.0 Å². The number of halogens is 5. The van der Waals surface area contributed by atoms with Crippen molar-refractivity contribution in [1.82, 2.24) is 0 Å². The molecule has 0 unspecified atom stereocenters. The Labute approximate surface area is 139 Å². The first kappa shape index (κ1) is 16.3. The van der Waals surface area contributed by atoms with Crippen LogP contribution < -0.4 is 10.1 Å². The molecule has 2 nitrogen and oxygen atoms in total. The van der Waals surface area contributed by atoms with E-state index in [9.17, 15) is 8.78 Å². The molecule has 2 rings (SSSR count). The van der Waals surface area contributed by atoms with Crippen LogP contribution in [0.15, 0.2) is 40.9 Å². The number of rotatable bonds is 5. The molecule has 0 aliphatic heterocycles. The number of anilines is 1. The Bertz CT molecular complexity index is 640. The average molecular weight is 397 g/mol. The van der Waals surface area contributed by atoms with Crippen LogP contribution in [0.4, 0.5) is 14.5 Å². The molecule has 1 N–H and O–H groups in total. The highest BCUT2D eigenvalue weighted by atomic mass is 79.9. The Morgan fingerprint density at radius 3 is 2.52 bits per heavy atom. The summed E-state index contributed by atoms with van der Waals surface area (Å²) in [7, 11) is 0. The van der Waals surface area contributed by atoms with E-state index in [0.717, 1.165) is 10.2 Å². The zero-order valence-electron chi connectivity index (χ0n) is 10.5.